The van der Waals surface area contributed by atoms with Gasteiger partial charge < -0.3 is 24.7 Å². The fourth-order valence-corrected chi connectivity index (χ4v) is 6.57. The lowest BCUT2D eigenvalue weighted by Crippen LogP contribution is -2.45. The van der Waals surface area contributed by atoms with E-state index in [9.17, 15) is 23.3 Å². The molecular formula is C26H25ClN6O6S. The van der Waals surface area contributed by atoms with Crippen LogP contribution < -0.4 is 10.6 Å². The minimum absolute atomic E-state index is 0.0464. The third kappa shape index (κ3) is 5.01. The summed E-state index contributed by atoms with van der Waals surface area (Å²) in [6, 6.07) is 12.2. The van der Waals surface area contributed by atoms with Crippen LogP contribution in [0.2, 0.25) is 5.02 Å². The number of fused-ring (bicyclic) bond motifs is 1. The molecule has 14 heteroatoms. The zero-order valence-electron chi connectivity index (χ0n) is 21.4. The Labute approximate surface area is 235 Å². The van der Waals surface area contributed by atoms with Crippen LogP contribution in [0.4, 0.5) is 10.5 Å². The number of likely N-dealkylation sites (tertiary alicyclic amines) is 1. The van der Waals surface area contributed by atoms with Crippen LogP contribution >= 0.6 is 11.6 Å². The van der Waals surface area contributed by atoms with Gasteiger partial charge in [0.1, 0.15) is 5.41 Å². The van der Waals surface area contributed by atoms with Gasteiger partial charge in [0.05, 0.1) is 42.1 Å². The minimum atomic E-state index is -3.89. The highest BCUT2D eigenvalue weighted by atomic mass is 35.5. The summed E-state index contributed by atoms with van der Waals surface area (Å²) < 4.78 is 37.0. The molecule has 2 aliphatic heterocycles. The average Bonchev–Trinajstić information content (AvgIpc) is 3.44. The van der Waals surface area contributed by atoms with Crippen molar-refractivity contribution in [2.75, 3.05) is 30.9 Å². The van der Waals surface area contributed by atoms with Gasteiger partial charge in [-0.1, -0.05) is 23.7 Å². The molecule has 1 saturated heterocycles. The molecule has 2 N–H and O–H groups in total. The number of piperidine rings is 1. The Morgan fingerprint density at radius 1 is 1.23 bits per heavy atom. The van der Waals surface area contributed by atoms with Gasteiger partial charge in [-0.2, -0.15) is 5.26 Å². The molecule has 0 radical (unpaired) electrons. The number of nitriles is 1. The number of ether oxygens (including phenoxy) is 1. The molecule has 3 aromatic rings. The Morgan fingerprint density at radius 3 is 2.58 bits per heavy atom. The predicted octanol–water partition coefficient (Wildman–Crippen LogP) is 2.66. The van der Waals surface area contributed by atoms with E-state index in [1.807, 2.05) is 0 Å². The molecular weight excluding hydrogens is 560 g/mol. The number of amides is 2. The van der Waals surface area contributed by atoms with Crippen molar-refractivity contribution < 1.29 is 27.2 Å². The first-order valence-corrected chi connectivity index (χ1v) is 14.4. The molecule has 2 aromatic carbocycles. The molecule has 3 heterocycles. The fourth-order valence-electron chi connectivity index (χ4n) is 4.88. The molecule has 0 unspecified atom stereocenters. The highest BCUT2D eigenvalue weighted by Crippen LogP contribution is 2.38. The smallest absolute Gasteiger partial charge is 0.409 e. The normalized spacial score (nSPS) is 19.9. The number of aromatic nitrogens is 2. The molecule has 0 aliphatic carbocycles. The molecule has 1 fully saturated rings. The van der Waals surface area contributed by atoms with Crippen molar-refractivity contribution in [1.29, 1.82) is 5.26 Å². The molecule has 208 valence electrons. The standard InChI is InChI=1S/C26H25ClN6O6S/c1-38-25(35)32-10-8-26(15-28,9-11-32)24-31-30-22(39-24)17-4-7-21-20(12-17)33(13-16-2-5-18(27)6-3-16)23(34)19(29)14-40(21,36)37/h2-7,12,19H,8-11,13-14,29H2,1H3/t19-/m0/s1. The molecule has 0 spiro atoms. The number of nitrogens with two attached hydrogens (primary N) is 1. The van der Waals surface area contributed by atoms with Gasteiger partial charge in [-0.25, -0.2) is 13.2 Å². The number of anilines is 1. The fraction of sp³-hybridized carbons (Fsp3) is 0.346. The number of nitrogens with zero attached hydrogens (tertiary/aromatic N) is 5. The van der Waals surface area contributed by atoms with E-state index in [0.29, 0.717) is 10.6 Å². The van der Waals surface area contributed by atoms with Crippen molar-refractivity contribution >= 4 is 39.1 Å². The maximum Gasteiger partial charge on any atom is 0.409 e. The highest BCUT2D eigenvalue weighted by Gasteiger charge is 2.43. The molecule has 0 saturated carbocycles. The number of hydrogen-bond acceptors (Lipinski definition) is 10. The third-order valence-electron chi connectivity index (χ3n) is 7.17. The van der Waals surface area contributed by atoms with Gasteiger partial charge in [0.2, 0.25) is 17.7 Å². The number of hydrogen-bond donors (Lipinski definition) is 1. The zero-order valence-corrected chi connectivity index (χ0v) is 23.0. The first-order chi connectivity index (χ1) is 19.1. The van der Waals surface area contributed by atoms with Gasteiger partial charge >= 0.3 is 6.09 Å². The van der Waals surface area contributed by atoms with E-state index in [2.05, 4.69) is 16.3 Å². The maximum atomic E-state index is 13.3. The summed E-state index contributed by atoms with van der Waals surface area (Å²) in [7, 11) is -2.60. The van der Waals surface area contributed by atoms with Crippen LogP contribution in [0.5, 0.6) is 0 Å². The Morgan fingerprint density at radius 2 is 1.93 bits per heavy atom. The second-order valence-corrected chi connectivity index (χ2v) is 12.1. The van der Waals surface area contributed by atoms with Gasteiger partial charge in [0, 0.05) is 23.7 Å². The van der Waals surface area contributed by atoms with E-state index in [1.165, 1.54) is 35.1 Å². The van der Waals surface area contributed by atoms with Crippen LogP contribution in [-0.2, 0) is 31.3 Å². The van der Waals surface area contributed by atoms with E-state index < -0.39 is 39.0 Å². The lowest BCUT2D eigenvalue weighted by Gasteiger charge is -2.34. The number of carbonyl (C=O) groups is 2. The second-order valence-electron chi connectivity index (χ2n) is 9.68. The molecule has 1 atom stereocenters. The summed E-state index contributed by atoms with van der Waals surface area (Å²) in [5.41, 5.74) is 6.11. The Kier molecular flexibility index (Phi) is 7.26. The lowest BCUT2D eigenvalue weighted by molar-refractivity contribution is -0.119. The van der Waals surface area contributed by atoms with Crippen LogP contribution in [0.15, 0.2) is 51.8 Å². The number of methoxy groups -OCH3 is 1. The third-order valence-corrected chi connectivity index (χ3v) is 9.23. The molecule has 5 rings (SSSR count). The molecule has 40 heavy (non-hydrogen) atoms. The summed E-state index contributed by atoms with van der Waals surface area (Å²) in [5.74, 6) is -0.949. The van der Waals surface area contributed by atoms with Crippen LogP contribution in [0, 0.1) is 11.3 Å². The number of halogens is 1. The summed E-state index contributed by atoms with van der Waals surface area (Å²) in [6.45, 7) is 0.604. The maximum absolute atomic E-state index is 13.3. The topological polar surface area (TPSA) is 173 Å². The quantitative estimate of drug-likeness (QED) is 0.480. The summed E-state index contributed by atoms with van der Waals surface area (Å²) in [5, 5.41) is 18.8. The van der Waals surface area contributed by atoms with Crippen molar-refractivity contribution in [2.45, 2.75) is 35.7 Å². The molecule has 0 bridgehead atoms. The molecule has 2 aliphatic rings. The number of benzene rings is 2. The van der Waals surface area contributed by atoms with E-state index >= 15 is 0 Å². The van der Waals surface area contributed by atoms with Crippen LogP contribution in [-0.4, -0.2) is 67.5 Å². The lowest BCUT2D eigenvalue weighted by atomic mass is 9.80. The summed E-state index contributed by atoms with van der Waals surface area (Å²) in [6.07, 6.45) is 0.0588. The zero-order chi connectivity index (χ0) is 28.7. The van der Waals surface area contributed by atoms with E-state index in [1.54, 1.807) is 24.3 Å². The Balaban J connectivity index is 1.51. The minimum Gasteiger partial charge on any atom is -0.453 e. The highest BCUT2D eigenvalue weighted by molar-refractivity contribution is 7.91. The van der Waals surface area contributed by atoms with Crippen molar-refractivity contribution in [1.82, 2.24) is 15.1 Å². The van der Waals surface area contributed by atoms with Gasteiger partial charge in [0.15, 0.2) is 9.84 Å². The molecule has 1 aromatic heterocycles. The van der Waals surface area contributed by atoms with Gasteiger partial charge in [0.25, 0.3) is 0 Å². The Bertz CT molecular complexity index is 1610. The van der Waals surface area contributed by atoms with Crippen molar-refractivity contribution in [2.24, 2.45) is 5.73 Å². The van der Waals surface area contributed by atoms with E-state index in [4.69, 9.17) is 26.5 Å². The first-order valence-electron chi connectivity index (χ1n) is 12.3. The number of rotatable bonds is 4. The van der Waals surface area contributed by atoms with Crippen LogP contribution in [0.3, 0.4) is 0 Å². The van der Waals surface area contributed by atoms with Crippen molar-refractivity contribution in [3.8, 4) is 17.5 Å². The SMILES string of the molecule is COC(=O)N1CCC(C#N)(c2nnc(-c3ccc4c(c3)N(Cc3ccc(Cl)cc3)C(=O)[C@@H](N)CS4(=O)=O)o2)CC1. The van der Waals surface area contributed by atoms with E-state index in [-0.39, 0.29) is 54.8 Å². The second kappa shape index (κ2) is 10.5. The van der Waals surface area contributed by atoms with E-state index in [0.717, 1.165) is 5.56 Å². The van der Waals surface area contributed by atoms with Gasteiger partial charge in [-0.05, 0) is 48.7 Å². The predicted molar refractivity (Wildman–Crippen MR) is 143 cm³/mol. The average molecular weight is 585 g/mol. The summed E-state index contributed by atoms with van der Waals surface area (Å²) in [4.78, 5) is 27.9. The largest absolute Gasteiger partial charge is 0.453 e. The van der Waals surface area contributed by atoms with Gasteiger partial charge in [-0.3, -0.25) is 4.79 Å². The summed E-state index contributed by atoms with van der Waals surface area (Å²) >= 11 is 6.00. The number of sulfone groups is 1. The molecule has 12 nitrogen and oxygen atoms in total. The molecule has 2 amide bonds. The van der Waals surface area contributed by atoms with Crippen LogP contribution in [0.25, 0.3) is 11.5 Å². The van der Waals surface area contributed by atoms with Crippen molar-refractivity contribution in [3.05, 3.63) is 58.9 Å². The van der Waals surface area contributed by atoms with Gasteiger partial charge in [-0.15, -0.1) is 10.2 Å². The van der Waals surface area contributed by atoms with Crippen molar-refractivity contribution in [3.63, 3.8) is 0 Å². The number of carbonyl (C=O) groups excluding carboxylic acids is 2. The van der Waals surface area contributed by atoms with Crippen LogP contribution in [0.1, 0.15) is 24.3 Å². The Hall–Kier alpha value is -3.99. The first kappa shape index (κ1) is 27.6. The monoisotopic (exact) mass is 584 g/mol.